The number of aliphatic hydroxyl groups excluding tert-OH is 1. The Labute approximate surface area is 101 Å². The van der Waals surface area contributed by atoms with Gasteiger partial charge in [-0.3, -0.25) is 4.79 Å². The highest BCUT2D eigenvalue weighted by Crippen LogP contribution is 2.40. The fourth-order valence-corrected chi connectivity index (χ4v) is 2.37. The number of carbonyl (C=O) groups is 1. The molecule has 0 bridgehead atoms. The van der Waals surface area contributed by atoms with Gasteiger partial charge in [0.05, 0.1) is 25.2 Å². The number of likely N-dealkylation sites (tertiary alicyclic amines) is 1. The topological polar surface area (TPSA) is 49.8 Å². The van der Waals surface area contributed by atoms with Gasteiger partial charge in [-0.1, -0.05) is 12.1 Å². The summed E-state index contributed by atoms with van der Waals surface area (Å²) in [6.45, 7) is 1.66. The van der Waals surface area contributed by atoms with Gasteiger partial charge in [0.2, 0.25) is 5.91 Å². The van der Waals surface area contributed by atoms with Gasteiger partial charge in [-0.2, -0.15) is 0 Å². The van der Waals surface area contributed by atoms with E-state index in [0.717, 1.165) is 11.3 Å². The second kappa shape index (κ2) is 4.37. The number of benzene rings is 1. The van der Waals surface area contributed by atoms with Crippen molar-refractivity contribution < 1.29 is 14.6 Å². The highest BCUT2D eigenvalue weighted by molar-refractivity contribution is 5.86. The molecule has 0 saturated carbocycles. The Morgan fingerprint density at radius 1 is 1.35 bits per heavy atom. The van der Waals surface area contributed by atoms with Crippen LogP contribution < -0.4 is 4.74 Å². The lowest BCUT2D eigenvalue weighted by atomic mass is 9.80. The highest BCUT2D eigenvalue weighted by atomic mass is 16.5. The zero-order valence-corrected chi connectivity index (χ0v) is 10.3. The van der Waals surface area contributed by atoms with Crippen LogP contribution in [0.25, 0.3) is 0 Å². The minimum atomic E-state index is -0.620. The van der Waals surface area contributed by atoms with E-state index in [2.05, 4.69) is 0 Å². The lowest BCUT2D eigenvalue weighted by molar-refractivity contribution is -0.161. The Bertz CT molecular complexity index is 413. The van der Waals surface area contributed by atoms with Crippen LogP contribution in [0.4, 0.5) is 0 Å². The van der Waals surface area contributed by atoms with Gasteiger partial charge in [0.25, 0.3) is 0 Å². The summed E-state index contributed by atoms with van der Waals surface area (Å²) in [5.41, 5.74) is 1.03. The monoisotopic (exact) mass is 235 g/mol. The Balaban J connectivity index is 2.23. The van der Waals surface area contributed by atoms with Crippen molar-refractivity contribution >= 4 is 5.91 Å². The smallest absolute Gasteiger partial charge is 0.231 e. The van der Waals surface area contributed by atoms with E-state index >= 15 is 0 Å². The number of rotatable bonds is 3. The summed E-state index contributed by atoms with van der Waals surface area (Å²) in [6, 6.07) is 7.56. The van der Waals surface area contributed by atoms with Crippen LogP contribution in [0.15, 0.2) is 24.3 Å². The number of β-lactam (4-membered cyclic amide) rings is 1. The van der Waals surface area contributed by atoms with Gasteiger partial charge in [0, 0.05) is 7.05 Å². The molecule has 0 radical (unpaired) electrons. The van der Waals surface area contributed by atoms with Crippen LogP contribution in [0.1, 0.15) is 18.5 Å². The molecule has 2 rings (SSSR count). The molecule has 4 heteroatoms. The molecule has 0 spiro atoms. The molecule has 0 aromatic heterocycles. The molecule has 17 heavy (non-hydrogen) atoms. The second-order valence-electron chi connectivity index (χ2n) is 4.43. The molecular weight excluding hydrogens is 218 g/mol. The van der Waals surface area contributed by atoms with E-state index < -0.39 is 6.10 Å². The first kappa shape index (κ1) is 11.9. The van der Waals surface area contributed by atoms with Gasteiger partial charge in [-0.25, -0.2) is 0 Å². The Morgan fingerprint density at radius 3 is 2.41 bits per heavy atom. The molecule has 1 saturated heterocycles. The molecule has 1 aliphatic heterocycles. The van der Waals surface area contributed by atoms with Crippen molar-refractivity contribution in [3.05, 3.63) is 29.8 Å². The van der Waals surface area contributed by atoms with Crippen molar-refractivity contribution in [2.45, 2.75) is 19.1 Å². The molecule has 1 N–H and O–H groups in total. The largest absolute Gasteiger partial charge is 0.497 e. The molecule has 0 aliphatic carbocycles. The molecule has 92 valence electrons. The van der Waals surface area contributed by atoms with Crippen molar-refractivity contribution in [3.63, 3.8) is 0 Å². The molecule has 1 unspecified atom stereocenters. The normalized spacial score (nSPS) is 25.4. The number of hydrogen-bond donors (Lipinski definition) is 1. The molecule has 1 fully saturated rings. The highest BCUT2D eigenvalue weighted by Gasteiger charge is 2.48. The predicted molar refractivity (Wildman–Crippen MR) is 63.7 cm³/mol. The Morgan fingerprint density at radius 2 is 1.94 bits per heavy atom. The third kappa shape index (κ3) is 1.89. The number of ether oxygens (including phenoxy) is 1. The second-order valence-corrected chi connectivity index (χ2v) is 4.43. The molecule has 1 aromatic carbocycles. The summed E-state index contributed by atoms with van der Waals surface area (Å²) in [7, 11) is 3.38. The summed E-state index contributed by atoms with van der Waals surface area (Å²) in [4.78, 5) is 13.3. The zero-order valence-electron chi connectivity index (χ0n) is 10.3. The number of carbonyl (C=O) groups excluding carboxylic acids is 1. The fraction of sp³-hybridized carbons (Fsp3) is 0.462. The van der Waals surface area contributed by atoms with Gasteiger partial charge in [0.1, 0.15) is 5.75 Å². The van der Waals surface area contributed by atoms with Crippen LogP contribution in [-0.4, -0.2) is 36.2 Å². The van der Waals surface area contributed by atoms with E-state index in [9.17, 15) is 9.90 Å². The van der Waals surface area contributed by atoms with Crippen LogP contribution in [0.5, 0.6) is 5.75 Å². The first-order chi connectivity index (χ1) is 8.06. The summed E-state index contributed by atoms with van der Waals surface area (Å²) >= 11 is 0. The number of hydrogen-bond acceptors (Lipinski definition) is 3. The van der Waals surface area contributed by atoms with Crippen molar-refractivity contribution in [1.29, 1.82) is 0 Å². The third-order valence-electron chi connectivity index (χ3n) is 3.37. The summed E-state index contributed by atoms with van der Waals surface area (Å²) < 4.78 is 5.09. The van der Waals surface area contributed by atoms with Gasteiger partial charge in [-0.05, 0) is 24.6 Å². The Kier molecular flexibility index (Phi) is 3.07. The summed E-state index contributed by atoms with van der Waals surface area (Å²) in [6.07, 6.45) is -0.620. The van der Waals surface area contributed by atoms with Crippen molar-refractivity contribution in [2.75, 3.05) is 14.2 Å². The minimum absolute atomic E-state index is 0.000757. The van der Waals surface area contributed by atoms with Gasteiger partial charge in [0.15, 0.2) is 0 Å². The number of methoxy groups -OCH3 is 1. The van der Waals surface area contributed by atoms with E-state index in [0.29, 0.717) is 0 Å². The average Bonchev–Trinajstić information content (AvgIpc) is 2.34. The lowest BCUT2D eigenvalue weighted by Crippen LogP contribution is -2.56. The molecular formula is C13H17NO3. The molecule has 4 nitrogen and oxygen atoms in total. The van der Waals surface area contributed by atoms with E-state index in [-0.39, 0.29) is 17.9 Å². The van der Waals surface area contributed by atoms with Crippen molar-refractivity contribution in [1.82, 2.24) is 4.90 Å². The average molecular weight is 235 g/mol. The van der Waals surface area contributed by atoms with Crippen LogP contribution in [0.2, 0.25) is 0 Å². The van der Waals surface area contributed by atoms with Crippen LogP contribution >= 0.6 is 0 Å². The van der Waals surface area contributed by atoms with Gasteiger partial charge >= 0.3 is 0 Å². The summed E-state index contributed by atoms with van der Waals surface area (Å²) in [5, 5.41) is 9.62. The predicted octanol–water partition coefficient (Wildman–Crippen LogP) is 1.21. The van der Waals surface area contributed by atoms with Gasteiger partial charge < -0.3 is 14.7 Å². The molecule has 1 amide bonds. The first-order valence-corrected chi connectivity index (χ1v) is 5.65. The van der Waals surface area contributed by atoms with Crippen LogP contribution in [0.3, 0.4) is 0 Å². The minimum Gasteiger partial charge on any atom is -0.497 e. The number of aliphatic hydroxyl groups is 1. The van der Waals surface area contributed by atoms with Gasteiger partial charge in [-0.15, -0.1) is 0 Å². The number of amides is 1. The standard InChI is InChI=1S/C13H17NO3/c1-8(15)11-12(14(2)13(11)16)9-4-6-10(17-3)7-5-9/h4-8,11-12,15H,1-3H3/t8?,11-,12-/m0/s1. The Hall–Kier alpha value is -1.55. The van der Waals surface area contributed by atoms with Crippen molar-refractivity contribution in [3.8, 4) is 5.75 Å². The maximum Gasteiger partial charge on any atom is 0.231 e. The fourth-order valence-electron chi connectivity index (χ4n) is 2.37. The van der Waals surface area contributed by atoms with Crippen LogP contribution in [-0.2, 0) is 4.79 Å². The lowest BCUT2D eigenvalue weighted by Gasteiger charge is -2.46. The van der Waals surface area contributed by atoms with E-state index in [1.54, 1.807) is 26.0 Å². The maximum atomic E-state index is 11.7. The summed E-state index contributed by atoms with van der Waals surface area (Å²) in [5.74, 6) is 0.463. The number of nitrogens with zero attached hydrogens (tertiary/aromatic N) is 1. The maximum absolute atomic E-state index is 11.7. The zero-order chi connectivity index (χ0) is 12.6. The van der Waals surface area contributed by atoms with E-state index in [4.69, 9.17) is 4.74 Å². The quantitative estimate of drug-likeness (QED) is 0.801. The molecule has 1 aromatic rings. The van der Waals surface area contributed by atoms with Crippen LogP contribution in [0, 0.1) is 5.92 Å². The molecule has 3 atom stereocenters. The van der Waals surface area contributed by atoms with E-state index in [1.807, 2.05) is 24.3 Å². The molecule has 1 aliphatic rings. The third-order valence-corrected chi connectivity index (χ3v) is 3.37. The van der Waals surface area contributed by atoms with E-state index in [1.165, 1.54) is 0 Å². The SMILES string of the molecule is COc1ccc([C@H]2[C@H](C(C)O)C(=O)N2C)cc1. The first-order valence-electron chi connectivity index (χ1n) is 5.65. The molecule has 1 heterocycles. The van der Waals surface area contributed by atoms with Crippen molar-refractivity contribution in [2.24, 2.45) is 5.92 Å².